The van der Waals surface area contributed by atoms with Crippen molar-refractivity contribution in [3.8, 4) is 11.1 Å². The zero-order valence-corrected chi connectivity index (χ0v) is 11.8. The third-order valence-electron chi connectivity index (χ3n) is 4.42. The molecule has 0 spiro atoms. The molecule has 1 aliphatic rings. The van der Waals surface area contributed by atoms with Crippen LogP contribution in [0.2, 0.25) is 0 Å². The summed E-state index contributed by atoms with van der Waals surface area (Å²) in [4.78, 5) is 0. The second-order valence-electron chi connectivity index (χ2n) is 5.73. The van der Waals surface area contributed by atoms with Crippen molar-refractivity contribution in [2.75, 3.05) is 11.5 Å². The SMILES string of the molecule is Nc1ccc(-c2ccccc2)c(C2CCCCC2)c1N. The van der Waals surface area contributed by atoms with Crippen LogP contribution in [-0.2, 0) is 0 Å². The smallest absolute Gasteiger partial charge is 0.0589 e. The lowest BCUT2D eigenvalue weighted by atomic mass is 9.79. The first-order chi connectivity index (χ1) is 9.77. The van der Waals surface area contributed by atoms with Gasteiger partial charge in [-0.05, 0) is 41.5 Å². The molecule has 0 atom stereocenters. The summed E-state index contributed by atoms with van der Waals surface area (Å²) in [5, 5.41) is 0. The lowest BCUT2D eigenvalue weighted by molar-refractivity contribution is 0.445. The summed E-state index contributed by atoms with van der Waals surface area (Å²) < 4.78 is 0. The van der Waals surface area contributed by atoms with Crippen molar-refractivity contribution in [2.24, 2.45) is 0 Å². The summed E-state index contributed by atoms with van der Waals surface area (Å²) >= 11 is 0. The maximum absolute atomic E-state index is 6.33. The van der Waals surface area contributed by atoms with E-state index in [1.54, 1.807) is 0 Å². The lowest BCUT2D eigenvalue weighted by Gasteiger charge is -2.26. The van der Waals surface area contributed by atoms with E-state index in [4.69, 9.17) is 11.5 Å². The van der Waals surface area contributed by atoms with Gasteiger partial charge in [-0.15, -0.1) is 0 Å². The van der Waals surface area contributed by atoms with E-state index in [-0.39, 0.29) is 0 Å². The number of rotatable bonds is 2. The predicted octanol–water partition coefficient (Wildman–Crippen LogP) is 4.57. The average Bonchev–Trinajstić information content (AvgIpc) is 2.51. The number of hydrogen-bond acceptors (Lipinski definition) is 2. The number of nitrogen functional groups attached to an aromatic ring is 2. The van der Waals surface area contributed by atoms with Gasteiger partial charge >= 0.3 is 0 Å². The highest BCUT2D eigenvalue weighted by atomic mass is 14.7. The minimum Gasteiger partial charge on any atom is -0.397 e. The van der Waals surface area contributed by atoms with Crippen molar-refractivity contribution < 1.29 is 0 Å². The van der Waals surface area contributed by atoms with Crippen molar-refractivity contribution >= 4 is 11.4 Å². The van der Waals surface area contributed by atoms with Gasteiger partial charge in [0.15, 0.2) is 0 Å². The molecule has 1 saturated carbocycles. The van der Waals surface area contributed by atoms with Crippen LogP contribution in [0.5, 0.6) is 0 Å². The average molecular weight is 266 g/mol. The molecule has 0 amide bonds. The Labute approximate surface area is 120 Å². The molecule has 0 bridgehead atoms. The first-order valence-electron chi connectivity index (χ1n) is 7.50. The quantitative estimate of drug-likeness (QED) is 0.782. The van der Waals surface area contributed by atoms with Gasteiger partial charge in [-0.3, -0.25) is 0 Å². The molecule has 104 valence electrons. The number of anilines is 2. The Morgan fingerprint density at radius 3 is 2.20 bits per heavy atom. The molecule has 2 aromatic rings. The fraction of sp³-hybridized carbons (Fsp3) is 0.333. The zero-order valence-electron chi connectivity index (χ0n) is 11.8. The van der Waals surface area contributed by atoms with Crippen LogP contribution < -0.4 is 11.5 Å². The molecule has 2 nitrogen and oxygen atoms in total. The van der Waals surface area contributed by atoms with E-state index in [0.717, 1.165) is 5.69 Å². The van der Waals surface area contributed by atoms with Crippen molar-refractivity contribution in [3.63, 3.8) is 0 Å². The second-order valence-corrected chi connectivity index (χ2v) is 5.73. The lowest BCUT2D eigenvalue weighted by Crippen LogP contribution is -2.10. The summed E-state index contributed by atoms with van der Waals surface area (Å²) in [6, 6.07) is 14.6. The zero-order chi connectivity index (χ0) is 13.9. The molecule has 2 aromatic carbocycles. The molecular weight excluding hydrogens is 244 g/mol. The van der Waals surface area contributed by atoms with E-state index in [2.05, 4.69) is 30.3 Å². The molecule has 0 aliphatic heterocycles. The molecule has 3 rings (SSSR count). The van der Waals surface area contributed by atoms with Crippen LogP contribution in [0.25, 0.3) is 11.1 Å². The highest BCUT2D eigenvalue weighted by Gasteiger charge is 2.22. The Balaban J connectivity index is 2.12. The van der Waals surface area contributed by atoms with Crippen LogP contribution in [-0.4, -0.2) is 0 Å². The van der Waals surface area contributed by atoms with E-state index >= 15 is 0 Å². The minimum absolute atomic E-state index is 0.558. The maximum Gasteiger partial charge on any atom is 0.0589 e. The van der Waals surface area contributed by atoms with Gasteiger partial charge in [-0.2, -0.15) is 0 Å². The molecule has 4 N–H and O–H groups in total. The minimum atomic E-state index is 0.558. The molecule has 1 fully saturated rings. The normalized spacial score (nSPS) is 16.2. The van der Waals surface area contributed by atoms with E-state index in [1.165, 1.54) is 48.8 Å². The Hall–Kier alpha value is -1.96. The van der Waals surface area contributed by atoms with Crippen molar-refractivity contribution in [2.45, 2.75) is 38.0 Å². The van der Waals surface area contributed by atoms with Crippen LogP contribution in [0, 0.1) is 0 Å². The van der Waals surface area contributed by atoms with Gasteiger partial charge in [0.1, 0.15) is 0 Å². The number of benzene rings is 2. The van der Waals surface area contributed by atoms with Crippen molar-refractivity contribution in [1.29, 1.82) is 0 Å². The Kier molecular flexibility index (Phi) is 3.64. The van der Waals surface area contributed by atoms with Crippen LogP contribution in [0.3, 0.4) is 0 Å². The summed E-state index contributed by atoms with van der Waals surface area (Å²) in [5.41, 5.74) is 17.6. The van der Waals surface area contributed by atoms with Crippen molar-refractivity contribution in [3.05, 3.63) is 48.0 Å². The van der Waals surface area contributed by atoms with Crippen LogP contribution in [0.1, 0.15) is 43.6 Å². The van der Waals surface area contributed by atoms with Gasteiger partial charge in [0.05, 0.1) is 11.4 Å². The van der Waals surface area contributed by atoms with E-state index in [1.807, 2.05) is 12.1 Å². The topological polar surface area (TPSA) is 52.0 Å². The Bertz CT molecular complexity index is 584. The molecule has 2 heteroatoms. The summed E-state index contributed by atoms with van der Waals surface area (Å²) in [7, 11) is 0. The summed E-state index contributed by atoms with van der Waals surface area (Å²) in [5.74, 6) is 0.558. The molecule has 0 heterocycles. The largest absolute Gasteiger partial charge is 0.397 e. The van der Waals surface area contributed by atoms with Gasteiger partial charge in [0.2, 0.25) is 0 Å². The molecule has 0 radical (unpaired) electrons. The number of nitrogens with two attached hydrogens (primary N) is 2. The van der Waals surface area contributed by atoms with Crippen LogP contribution in [0.15, 0.2) is 42.5 Å². The molecule has 20 heavy (non-hydrogen) atoms. The fourth-order valence-electron chi connectivity index (χ4n) is 3.35. The van der Waals surface area contributed by atoms with Gasteiger partial charge < -0.3 is 11.5 Å². The Morgan fingerprint density at radius 2 is 1.50 bits per heavy atom. The van der Waals surface area contributed by atoms with Crippen LogP contribution >= 0.6 is 0 Å². The van der Waals surface area contributed by atoms with Crippen LogP contribution in [0.4, 0.5) is 11.4 Å². The standard InChI is InChI=1S/C18H22N2/c19-16-12-11-15(13-7-3-1-4-8-13)17(18(16)20)14-9-5-2-6-10-14/h1,3-4,7-8,11-12,14H,2,5-6,9-10,19-20H2. The van der Waals surface area contributed by atoms with E-state index in [9.17, 15) is 0 Å². The summed E-state index contributed by atoms with van der Waals surface area (Å²) in [6.07, 6.45) is 6.40. The van der Waals surface area contributed by atoms with E-state index < -0.39 is 0 Å². The van der Waals surface area contributed by atoms with Gasteiger partial charge in [-0.25, -0.2) is 0 Å². The van der Waals surface area contributed by atoms with Crippen molar-refractivity contribution in [1.82, 2.24) is 0 Å². The first kappa shape index (κ1) is 13.0. The predicted molar refractivity (Wildman–Crippen MR) is 86.5 cm³/mol. The molecular formula is C18H22N2. The second kappa shape index (κ2) is 5.58. The molecule has 1 aliphatic carbocycles. The van der Waals surface area contributed by atoms with Gasteiger partial charge in [0, 0.05) is 0 Å². The maximum atomic E-state index is 6.33. The highest BCUT2D eigenvalue weighted by molar-refractivity contribution is 5.81. The number of hydrogen-bond donors (Lipinski definition) is 2. The monoisotopic (exact) mass is 266 g/mol. The third-order valence-corrected chi connectivity index (χ3v) is 4.42. The Morgan fingerprint density at radius 1 is 0.800 bits per heavy atom. The molecule has 0 saturated heterocycles. The third kappa shape index (κ3) is 2.38. The summed E-state index contributed by atoms with van der Waals surface area (Å²) in [6.45, 7) is 0. The van der Waals surface area contributed by atoms with Gasteiger partial charge in [-0.1, -0.05) is 55.7 Å². The van der Waals surface area contributed by atoms with E-state index in [0.29, 0.717) is 11.6 Å². The highest BCUT2D eigenvalue weighted by Crippen LogP contribution is 2.42. The van der Waals surface area contributed by atoms with Gasteiger partial charge in [0.25, 0.3) is 0 Å². The fourth-order valence-corrected chi connectivity index (χ4v) is 3.35. The molecule has 0 aromatic heterocycles. The first-order valence-corrected chi connectivity index (χ1v) is 7.50. The molecule has 0 unspecified atom stereocenters.